The minimum absolute atomic E-state index is 0.0700. The number of aryl methyl sites for hydroxylation is 1. The summed E-state index contributed by atoms with van der Waals surface area (Å²) in [7, 11) is 1.35. The van der Waals surface area contributed by atoms with Crippen LogP contribution in [-0.2, 0) is 16.0 Å². The molecule has 1 fully saturated rings. The molecule has 0 unspecified atom stereocenters. The number of urea groups is 1. The van der Waals surface area contributed by atoms with Crippen LogP contribution in [0.25, 0.3) is 0 Å². The highest BCUT2D eigenvalue weighted by Crippen LogP contribution is 2.29. The third-order valence-corrected chi connectivity index (χ3v) is 5.07. The summed E-state index contributed by atoms with van der Waals surface area (Å²) in [4.78, 5) is 48.9. The number of nitrogens with one attached hydrogen (secondary N) is 2. The average molecular weight is 426 g/mol. The van der Waals surface area contributed by atoms with Gasteiger partial charge in [-0.2, -0.15) is 0 Å². The maximum absolute atomic E-state index is 12.9. The third kappa shape index (κ3) is 4.80. The predicted molar refractivity (Wildman–Crippen MR) is 112 cm³/mol. The number of hydrogen-bond donors (Lipinski definition) is 2. The summed E-state index contributed by atoms with van der Waals surface area (Å²) in [6, 6.07) is 12.6. The predicted octanol–water partition coefficient (Wildman–Crippen LogP) is 2.49. The molecular formula is C21H22N4O6. The lowest BCUT2D eigenvalue weighted by atomic mass is 9.93. The Balaban J connectivity index is 1.67. The van der Waals surface area contributed by atoms with Crippen LogP contribution >= 0.6 is 0 Å². The van der Waals surface area contributed by atoms with Crippen molar-refractivity contribution >= 4 is 29.2 Å². The zero-order chi connectivity index (χ0) is 22.6. The third-order valence-electron chi connectivity index (χ3n) is 5.07. The molecular weight excluding hydrogens is 404 g/mol. The van der Waals surface area contributed by atoms with Gasteiger partial charge in [0.2, 0.25) is 5.91 Å². The van der Waals surface area contributed by atoms with E-state index >= 15 is 0 Å². The number of nitro benzene ring substituents is 1. The Hall–Kier alpha value is -3.95. The van der Waals surface area contributed by atoms with Crippen molar-refractivity contribution in [3.8, 4) is 5.75 Å². The molecule has 162 valence electrons. The van der Waals surface area contributed by atoms with E-state index in [1.165, 1.54) is 19.2 Å². The first kappa shape index (κ1) is 21.8. The van der Waals surface area contributed by atoms with Gasteiger partial charge < -0.3 is 15.4 Å². The number of rotatable bonds is 8. The van der Waals surface area contributed by atoms with E-state index < -0.39 is 34.9 Å². The molecule has 0 bridgehead atoms. The van der Waals surface area contributed by atoms with Crippen molar-refractivity contribution in [2.75, 3.05) is 19.0 Å². The molecule has 0 aromatic heterocycles. The first-order valence-electron chi connectivity index (χ1n) is 9.54. The topological polar surface area (TPSA) is 131 Å². The molecule has 0 radical (unpaired) electrons. The van der Waals surface area contributed by atoms with Crippen LogP contribution < -0.4 is 15.4 Å². The fourth-order valence-corrected chi connectivity index (χ4v) is 3.34. The monoisotopic (exact) mass is 426 g/mol. The van der Waals surface area contributed by atoms with Crippen LogP contribution in [-0.4, -0.2) is 46.9 Å². The maximum Gasteiger partial charge on any atom is 0.325 e. The van der Waals surface area contributed by atoms with E-state index in [-0.39, 0.29) is 17.1 Å². The molecule has 31 heavy (non-hydrogen) atoms. The number of imide groups is 1. The van der Waals surface area contributed by atoms with Crippen molar-refractivity contribution in [2.24, 2.45) is 0 Å². The van der Waals surface area contributed by atoms with E-state index in [1.54, 1.807) is 6.92 Å². The summed E-state index contributed by atoms with van der Waals surface area (Å²) in [5, 5.41) is 16.1. The summed E-state index contributed by atoms with van der Waals surface area (Å²) < 4.78 is 5.10. The second-order valence-corrected chi connectivity index (χ2v) is 7.33. The first-order chi connectivity index (χ1) is 14.7. The zero-order valence-electron chi connectivity index (χ0n) is 17.1. The Morgan fingerprint density at radius 2 is 1.94 bits per heavy atom. The van der Waals surface area contributed by atoms with Gasteiger partial charge in [0.25, 0.3) is 11.6 Å². The highest BCUT2D eigenvalue weighted by Gasteiger charge is 2.47. The minimum atomic E-state index is -1.13. The number of methoxy groups -OCH3 is 1. The molecule has 0 spiro atoms. The summed E-state index contributed by atoms with van der Waals surface area (Å²) in [6.07, 6.45) is 0.951. The van der Waals surface area contributed by atoms with E-state index in [9.17, 15) is 24.5 Å². The number of carbonyl (C=O) groups excluding carboxylic acids is 3. The van der Waals surface area contributed by atoms with Crippen LogP contribution in [0.1, 0.15) is 18.9 Å². The van der Waals surface area contributed by atoms with Crippen LogP contribution in [0.2, 0.25) is 0 Å². The normalized spacial score (nSPS) is 17.9. The van der Waals surface area contributed by atoms with Crippen LogP contribution in [0.4, 0.5) is 16.2 Å². The number of hydrogen-bond acceptors (Lipinski definition) is 6. The van der Waals surface area contributed by atoms with Crippen molar-refractivity contribution in [3.63, 3.8) is 0 Å². The van der Waals surface area contributed by atoms with Gasteiger partial charge in [-0.15, -0.1) is 0 Å². The highest BCUT2D eigenvalue weighted by molar-refractivity contribution is 6.10. The van der Waals surface area contributed by atoms with Gasteiger partial charge in [0.1, 0.15) is 17.8 Å². The van der Waals surface area contributed by atoms with Gasteiger partial charge in [-0.25, -0.2) is 4.79 Å². The van der Waals surface area contributed by atoms with Crippen molar-refractivity contribution < 1.29 is 24.0 Å². The Morgan fingerprint density at radius 3 is 2.58 bits per heavy atom. The fraction of sp³-hybridized carbons (Fsp3) is 0.286. The molecule has 1 aliphatic rings. The number of carbonyl (C=O) groups is 3. The number of nitrogens with zero attached hydrogens (tertiary/aromatic N) is 2. The smallest absolute Gasteiger partial charge is 0.325 e. The van der Waals surface area contributed by atoms with Crippen molar-refractivity contribution in [1.29, 1.82) is 0 Å². The van der Waals surface area contributed by atoms with Crippen molar-refractivity contribution in [2.45, 2.75) is 25.3 Å². The van der Waals surface area contributed by atoms with Gasteiger partial charge in [0.05, 0.1) is 17.7 Å². The van der Waals surface area contributed by atoms with Crippen LogP contribution in [0.3, 0.4) is 0 Å². The van der Waals surface area contributed by atoms with E-state index in [4.69, 9.17) is 4.74 Å². The van der Waals surface area contributed by atoms with E-state index in [1.807, 2.05) is 30.3 Å². The largest absolute Gasteiger partial charge is 0.495 e. The Morgan fingerprint density at radius 1 is 1.23 bits per heavy atom. The van der Waals surface area contributed by atoms with E-state index in [0.29, 0.717) is 12.8 Å². The molecule has 2 aromatic carbocycles. The molecule has 3 rings (SSSR count). The lowest BCUT2D eigenvalue weighted by molar-refractivity contribution is -0.384. The molecule has 1 heterocycles. The molecule has 2 aromatic rings. The first-order valence-corrected chi connectivity index (χ1v) is 9.54. The molecule has 2 N–H and O–H groups in total. The van der Waals surface area contributed by atoms with E-state index in [0.717, 1.165) is 16.5 Å². The molecule has 0 aliphatic carbocycles. The van der Waals surface area contributed by atoms with Crippen LogP contribution in [0, 0.1) is 10.1 Å². The second kappa shape index (κ2) is 8.82. The van der Waals surface area contributed by atoms with Crippen molar-refractivity contribution in [3.05, 3.63) is 64.2 Å². The molecule has 10 heteroatoms. The summed E-state index contributed by atoms with van der Waals surface area (Å²) in [5.41, 5.74) is -0.268. The number of amides is 4. The minimum Gasteiger partial charge on any atom is -0.495 e. The standard InChI is InChI=1S/C21H22N4O6/c1-21(11-10-14-6-4-3-5-7-14)19(27)24(20(28)23-21)13-18(26)22-16-12-15(25(29)30)8-9-17(16)31-2/h3-9,12H,10-11,13H2,1-2H3,(H,22,26)(H,23,28)/t21-/m1/s1. The SMILES string of the molecule is COc1ccc([N+](=O)[O-])cc1NC(=O)CN1C(=O)N[C@](C)(CCc2ccccc2)C1=O. The second-order valence-electron chi connectivity index (χ2n) is 7.33. The van der Waals surface area contributed by atoms with Crippen LogP contribution in [0.15, 0.2) is 48.5 Å². The van der Waals surface area contributed by atoms with Gasteiger partial charge in [-0.3, -0.25) is 24.6 Å². The zero-order valence-corrected chi connectivity index (χ0v) is 17.1. The highest BCUT2D eigenvalue weighted by atomic mass is 16.6. The van der Waals surface area contributed by atoms with Crippen LogP contribution in [0.5, 0.6) is 5.75 Å². The summed E-state index contributed by atoms with van der Waals surface area (Å²) in [5.74, 6) is -0.979. The Kier molecular flexibility index (Phi) is 6.19. The summed E-state index contributed by atoms with van der Waals surface area (Å²) in [6.45, 7) is 1.09. The van der Waals surface area contributed by atoms with Gasteiger partial charge in [0.15, 0.2) is 0 Å². The molecule has 4 amide bonds. The Labute approximate surface area is 178 Å². The lowest BCUT2D eigenvalue weighted by Gasteiger charge is -2.21. The van der Waals surface area contributed by atoms with Crippen molar-refractivity contribution in [1.82, 2.24) is 10.2 Å². The lowest BCUT2D eigenvalue weighted by Crippen LogP contribution is -2.45. The van der Waals surface area contributed by atoms with Gasteiger partial charge >= 0.3 is 6.03 Å². The maximum atomic E-state index is 12.9. The molecule has 1 saturated heterocycles. The molecule has 0 saturated carbocycles. The van der Waals surface area contributed by atoms with Gasteiger partial charge in [-0.1, -0.05) is 30.3 Å². The molecule has 10 nitrogen and oxygen atoms in total. The van der Waals surface area contributed by atoms with E-state index in [2.05, 4.69) is 10.6 Å². The fourth-order valence-electron chi connectivity index (χ4n) is 3.34. The van der Waals surface area contributed by atoms with Gasteiger partial charge in [-0.05, 0) is 31.4 Å². The molecule has 1 atom stereocenters. The Bertz CT molecular complexity index is 1030. The number of nitro groups is 1. The average Bonchev–Trinajstić information content (AvgIpc) is 2.96. The quantitative estimate of drug-likeness (QED) is 0.379. The number of ether oxygens (including phenoxy) is 1. The molecule has 1 aliphatic heterocycles. The summed E-state index contributed by atoms with van der Waals surface area (Å²) >= 11 is 0. The number of non-ortho nitro benzene ring substituents is 1. The number of anilines is 1. The van der Waals surface area contributed by atoms with Gasteiger partial charge in [0, 0.05) is 12.1 Å². The number of benzene rings is 2.